The van der Waals surface area contributed by atoms with Crippen LogP contribution in [0, 0.1) is 6.92 Å². The van der Waals surface area contributed by atoms with E-state index in [1.54, 1.807) is 4.90 Å². The third-order valence-electron chi connectivity index (χ3n) is 6.95. The van der Waals surface area contributed by atoms with Crippen molar-refractivity contribution >= 4 is 5.91 Å². The Kier molecular flexibility index (Phi) is 10.4. The number of hydrogen-bond donors (Lipinski definition) is 1. The van der Waals surface area contributed by atoms with Gasteiger partial charge >= 0.3 is 0 Å². The number of amides is 1. The van der Waals surface area contributed by atoms with Crippen LogP contribution in [0.2, 0.25) is 0 Å². The van der Waals surface area contributed by atoms with Crippen LogP contribution in [0.3, 0.4) is 0 Å². The standard InChI is InChI=1S/C29H41N3O6/c1-24-3-7-27(8-4-24)38-23-29(34)21-31(11-12-32(22-29)28(33)20-35-2)19-25-5-9-26(10-6-25)37-18-15-30-13-16-36-17-14-30/h3-10,34H,11-23H2,1-2H3. The number of carbonyl (C=O) groups excluding carboxylic acids is 1. The van der Waals surface area contributed by atoms with Crippen molar-refractivity contribution in [3.05, 3.63) is 59.7 Å². The molecular formula is C29H41N3O6. The first-order valence-corrected chi connectivity index (χ1v) is 13.4. The number of methoxy groups -OCH3 is 1. The third-order valence-corrected chi connectivity index (χ3v) is 6.95. The molecule has 1 atom stereocenters. The Balaban J connectivity index is 1.35. The minimum absolute atomic E-state index is 0.0120. The minimum atomic E-state index is -1.23. The molecule has 0 bridgehead atoms. The van der Waals surface area contributed by atoms with E-state index in [2.05, 4.69) is 21.9 Å². The van der Waals surface area contributed by atoms with Crippen molar-refractivity contribution in [1.82, 2.24) is 14.7 Å². The second-order valence-electron chi connectivity index (χ2n) is 10.2. The Morgan fingerprint density at radius 3 is 2.32 bits per heavy atom. The number of morpholine rings is 1. The molecule has 4 rings (SSSR count). The van der Waals surface area contributed by atoms with Gasteiger partial charge < -0.3 is 29.0 Å². The lowest BCUT2D eigenvalue weighted by atomic mass is 10.0. The number of ether oxygens (including phenoxy) is 4. The highest BCUT2D eigenvalue weighted by Gasteiger charge is 2.37. The first-order chi connectivity index (χ1) is 18.4. The van der Waals surface area contributed by atoms with Crippen molar-refractivity contribution in [2.75, 3.05) is 86.0 Å². The SMILES string of the molecule is COCC(=O)N1CCN(Cc2ccc(OCCN3CCOCC3)cc2)CC(O)(COc2ccc(C)cc2)C1. The largest absolute Gasteiger partial charge is 0.492 e. The van der Waals surface area contributed by atoms with Crippen molar-refractivity contribution < 1.29 is 28.8 Å². The maximum Gasteiger partial charge on any atom is 0.248 e. The van der Waals surface area contributed by atoms with Crippen molar-refractivity contribution in [3.63, 3.8) is 0 Å². The van der Waals surface area contributed by atoms with Gasteiger partial charge in [0.2, 0.25) is 5.91 Å². The van der Waals surface area contributed by atoms with E-state index in [-0.39, 0.29) is 25.7 Å². The first-order valence-electron chi connectivity index (χ1n) is 13.4. The molecule has 1 N–H and O–H groups in total. The van der Waals surface area contributed by atoms with Gasteiger partial charge in [-0.3, -0.25) is 14.6 Å². The highest BCUT2D eigenvalue weighted by atomic mass is 16.5. The van der Waals surface area contributed by atoms with E-state index in [4.69, 9.17) is 18.9 Å². The Morgan fingerprint density at radius 2 is 1.61 bits per heavy atom. The molecule has 2 heterocycles. The van der Waals surface area contributed by atoms with Crippen LogP contribution in [0.25, 0.3) is 0 Å². The van der Waals surface area contributed by atoms with E-state index in [0.29, 0.717) is 38.5 Å². The van der Waals surface area contributed by atoms with Crippen LogP contribution >= 0.6 is 0 Å². The molecule has 38 heavy (non-hydrogen) atoms. The molecule has 2 aromatic carbocycles. The van der Waals surface area contributed by atoms with Crippen LogP contribution < -0.4 is 9.47 Å². The summed E-state index contributed by atoms with van der Waals surface area (Å²) in [6, 6.07) is 15.8. The molecule has 2 aliphatic heterocycles. The van der Waals surface area contributed by atoms with E-state index >= 15 is 0 Å². The quantitative estimate of drug-likeness (QED) is 0.474. The zero-order chi connectivity index (χ0) is 26.8. The number of carbonyl (C=O) groups is 1. The maximum atomic E-state index is 12.6. The molecule has 0 aromatic heterocycles. The van der Waals surface area contributed by atoms with E-state index in [0.717, 1.165) is 49.7 Å². The molecule has 0 saturated carbocycles. The third kappa shape index (κ3) is 8.68. The average molecular weight is 528 g/mol. The van der Waals surface area contributed by atoms with Crippen LogP contribution in [0.4, 0.5) is 0 Å². The molecule has 0 radical (unpaired) electrons. The lowest BCUT2D eigenvalue weighted by Gasteiger charge is -2.33. The van der Waals surface area contributed by atoms with Crippen molar-refractivity contribution in [3.8, 4) is 11.5 Å². The Bertz CT molecular complexity index is 996. The van der Waals surface area contributed by atoms with Gasteiger partial charge in [-0.25, -0.2) is 0 Å². The topological polar surface area (TPSA) is 83.9 Å². The Labute approximate surface area is 225 Å². The summed E-state index contributed by atoms with van der Waals surface area (Å²) < 4.78 is 22.4. The van der Waals surface area contributed by atoms with Crippen LogP contribution in [0.15, 0.2) is 48.5 Å². The number of aryl methyl sites for hydroxylation is 1. The van der Waals surface area contributed by atoms with Gasteiger partial charge in [-0.15, -0.1) is 0 Å². The fourth-order valence-corrected chi connectivity index (χ4v) is 4.81. The summed E-state index contributed by atoms with van der Waals surface area (Å²) in [6.45, 7) is 9.47. The maximum absolute atomic E-state index is 12.6. The van der Waals surface area contributed by atoms with Gasteiger partial charge in [0.25, 0.3) is 0 Å². The molecule has 1 amide bonds. The zero-order valence-corrected chi connectivity index (χ0v) is 22.6. The summed E-state index contributed by atoms with van der Waals surface area (Å²) in [6.07, 6.45) is 0. The molecule has 1 unspecified atom stereocenters. The van der Waals surface area contributed by atoms with Crippen LogP contribution in [0.1, 0.15) is 11.1 Å². The molecule has 2 fully saturated rings. The molecule has 2 aliphatic rings. The number of hydrogen-bond acceptors (Lipinski definition) is 8. The normalized spacial score (nSPS) is 21.2. The predicted molar refractivity (Wildman–Crippen MR) is 145 cm³/mol. The highest BCUT2D eigenvalue weighted by Crippen LogP contribution is 2.21. The number of aliphatic hydroxyl groups is 1. The van der Waals surface area contributed by atoms with Gasteiger partial charge in [0.05, 0.1) is 19.8 Å². The van der Waals surface area contributed by atoms with E-state index < -0.39 is 5.60 Å². The first kappa shape index (κ1) is 28.3. The van der Waals surface area contributed by atoms with E-state index in [1.165, 1.54) is 7.11 Å². The van der Waals surface area contributed by atoms with Gasteiger partial charge in [0.15, 0.2) is 0 Å². The molecular weight excluding hydrogens is 486 g/mol. The van der Waals surface area contributed by atoms with Crippen LogP contribution in [-0.2, 0) is 20.8 Å². The minimum Gasteiger partial charge on any atom is -0.492 e. The summed E-state index contributed by atoms with van der Waals surface area (Å²) >= 11 is 0. The van der Waals surface area contributed by atoms with E-state index in [1.807, 2.05) is 43.3 Å². The smallest absolute Gasteiger partial charge is 0.248 e. The summed E-state index contributed by atoms with van der Waals surface area (Å²) in [4.78, 5) is 18.8. The lowest BCUT2D eigenvalue weighted by Crippen LogP contribution is -2.52. The molecule has 0 aliphatic carbocycles. The molecule has 208 valence electrons. The van der Waals surface area contributed by atoms with Gasteiger partial charge in [-0.1, -0.05) is 29.8 Å². The summed E-state index contributed by atoms with van der Waals surface area (Å²) in [5.74, 6) is 1.40. The van der Waals surface area contributed by atoms with E-state index in [9.17, 15) is 9.90 Å². The number of nitrogens with zero attached hydrogens (tertiary/aromatic N) is 3. The molecule has 2 saturated heterocycles. The van der Waals surface area contributed by atoms with Gasteiger partial charge in [0, 0.05) is 52.9 Å². The molecule has 0 spiro atoms. The number of benzene rings is 2. The number of β-amino-alcohol motifs (C(OH)–C–C–N with tert-alkyl or cyclic N) is 1. The average Bonchev–Trinajstić information content (AvgIpc) is 3.09. The summed E-state index contributed by atoms with van der Waals surface area (Å²) in [7, 11) is 1.50. The molecule has 9 nitrogen and oxygen atoms in total. The Morgan fingerprint density at radius 1 is 0.921 bits per heavy atom. The lowest BCUT2D eigenvalue weighted by molar-refractivity contribution is -0.138. The van der Waals surface area contributed by atoms with Gasteiger partial charge in [-0.2, -0.15) is 0 Å². The molecule has 9 heteroatoms. The molecule has 2 aromatic rings. The fraction of sp³-hybridized carbons (Fsp3) is 0.552. The van der Waals surface area contributed by atoms with Crippen LogP contribution in [-0.4, -0.2) is 117 Å². The van der Waals surface area contributed by atoms with Crippen LogP contribution in [0.5, 0.6) is 11.5 Å². The highest BCUT2D eigenvalue weighted by molar-refractivity contribution is 5.77. The van der Waals surface area contributed by atoms with Gasteiger partial charge in [-0.05, 0) is 36.8 Å². The predicted octanol–water partition coefficient (Wildman–Crippen LogP) is 1.81. The number of rotatable bonds is 11. The second kappa shape index (κ2) is 13.9. The summed E-state index contributed by atoms with van der Waals surface area (Å²) in [5.41, 5.74) is 1.03. The van der Waals surface area contributed by atoms with Crippen molar-refractivity contribution in [2.45, 2.75) is 19.1 Å². The van der Waals surface area contributed by atoms with Crippen molar-refractivity contribution in [2.24, 2.45) is 0 Å². The monoisotopic (exact) mass is 527 g/mol. The van der Waals surface area contributed by atoms with Crippen molar-refractivity contribution in [1.29, 1.82) is 0 Å². The Hall–Kier alpha value is -2.69. The second-order valence-corrected chi connectivity index (χ2v) is 10.2. The van der Waals surface area contributed by atoms with Gasteiger partial charge in [0.1, 0.15) is 36.9 Å². The fourth-order valence-electron chi connectivity index (χ4n) is 4.81. The summed E-state index contributed by atoms with van der Waals surface area (Å²) in [5, 5.41) is 11.6. The zero-order valence-electron chi connectivity index (χ0n) is 22.6.